The van der Waals surface area contributed by atoms with E-state index in [2.05, 4.69) is 20.8 Å². The third-order valence-corrected chi connectivity index (χ3v) is 2.86. The van der Waals surface area contributed by atoms with Crippen molar-refractivity contribution in [2.24, 2.45) is 5.41 Å². The molecule has 0 aromatic carbocycles. The highest BCUT2D eigenvalue weighted by atomic mass is 32.2. The van der Waals surface area contributed by atoms with Gasteiger partial charge in [0.2, 0.25) is 0 Å². The zero-order chi connectivity index (χ0) is 11.2. The smallest absolute Gasteiger partial charge is 0.197 e. The van der Waals surface area contributed by atoms with Crippen LogP contribution in [0.1, 0.15) is 52.9 Å². The van der Waals surface area contributed by atoms with Crippen molar-refractivity contribution >= 4 is 10.1 Å². The van der Waals surface area contributed by atoms with Crippen molar-refractivity contribution in [3.8, 4) is 0 Å². The second-order valence-electron chi connectivity index (χ2n) is 4.99. The van der Waals surface area contributed by atoms with Crippen LogP contribution in [0.3, 0.4) is 0 Å². The van der Waals surface area contributed by atoms with Gasteiger partial charge in [-0.15, -0.1) is 0 Å². The van der Waals surface area contributed by atoms with Gasteiger partial charge in [-0.2, -0.15) is 8.42 Å². The lowest BCUT2D eigenvalue weighted by molar-refractivity contribution is 0.357. The molecule has 0 aromatic heterocycles. The fourth-order valence-electron chi connectivity index (χ4n) is 1.29. The first-order chi connectivity index (χ1) is 6.21. The third-order valence-electron chi connectivity index (χ3n) is 2.07. The molecule has 0 saturated carbocycles. The summed E-state index contributed by atoms with van der Waals surface area (Å²) < 4.78 is 30.8. The minimum Gasteiger partial charge on any atom is -0.197 e. The molecule has 0 unspecified atom stereocenters. The van der Waals surface area contributed by atoms with Gasteiger partial charge in [-0.05, 0) is 18.3 Å². The van der Waals surface area contributed by atoms with Gasteiger partial charge in [-0.25, -0.2) is 0 Å². The summed E-state index contributed by atoms with van der Waals surface area (Å²) in [6, 6.07) is 0. The van der Waals surface area contributed by atoms with Gasteiger partial charge in [0.1, 0.15) is 0 Å². The number of hydrogen-bond acceptors (Lipinski definition) is 2. The highest BCUT2D eigenvalue weighted by molar-refractivity contribution is 7.85. The molecule has 0 bridgehead atoms. The van der Waals surface area contributed by atoms with Crippen LogP contribution in [0.2, 0.25) is 0 Å². The monoisotopic (exact) mass is 221 g/mol. The minimum atomic E-state index is -3.99. The second kappa shape index (κ2) is 5.71. The van der Waals surface area contributed by atoms with Crippen LogP contribution in [0, 0.1) is 5.41 Å². The van der Waals surface area contributed by atoms with Crippen LogP contribution in [0.4, 0.5) is 0 Å². The van der Waals surface area contributed by atoms with Gasteiger partial charge in [0.05, 0.1) is 5.75 Å². The summed E-state index contributed by atoms with van der Waals surface area (Å²) in [5.74, 6) is -0.206. The van der Waals surface area contributed by atoms with E-state index >= 15 is 0 Å². The molecule has 0 aliphatic rings. The molecule has 0 atom stereocenters. The third kappa shape index (κ3) is 11.9. The van der Waals surface area contributed by atoms with Crippen molar-refractivity contribution in [2.75, 3.05) is 5.75 Å². The zero-order valence-electron chi connectivity index (χ0n) is 9.38. The summed E-state index contributed by atoms with van der Waals surface area (Å²) in [6.07, 6.45) is 4.64. The summed E-state index contributed by atoms with van der Waals surface area (Å²) >= 11 is 0. The standard InChI is InChI=1S/C10H21O3S/c1-10(2,3)8-6-4-5-7-9-14(11,12)13/h4-9H2,1-3H3. The zero-order valence-corrected chi connectivity index (χ0v) is 10.2. The molecular weight excluding hydrogens is 200 g/mol. The summed E-state index contributed by atoms with van der Waals surface area (Å²) in [4.78, 5) is 0. The molecule has 14 heavy (non-hydrogen) atoms. The van der Waals surface area contributed by atoms with Crippen molar-refractivity contribution in [1.29, 1.82) is 0 Å². The number of rotatable bonds is 6. The van der Waals surface area contributed by atoms with E-state index in [-0.39, 0.29) is 5.75 Å². The molecule has 0 aliphatic heterocycles. The molecule has 4 heteroatoms. The van der Waals surface area contributed by atoms with E-state index in [4.69, 9.17) is 0 Å². The van der Waals surface area contributed by atoms with Gasteiger partial charge in [0, 0.05) is 0 Å². The molecule has 0 saturated heterocycles. The van der Waals surface area contributed by atoms with Crippen molar-refractivity contribution in [2.45, 2.75) is 52.9 Å². The van der Waals surface area contributed by atoms with Gasteiger partial charge < -0.3 is 0 Å². The highest BCUT2D eigenvalue weighted by Gasteiger charge is 2.09. The lowest BCUT2D eigenvalue weighted by atomic mass is 9.89. The van der Waals surface area contributed by atoms with Crippen molar-refractivity contribution in [1.82, 2.24) is 0 Å². The minimum absolute atomic E-state index is 0.206. The molecule has 0 spiro atoms. The Balaban J connectivity index is 3.32. The fraction of sp³-hybridized carbons (Fsp3) is 1.00. The van der Waals surface area contributed by atoms with Gasteiger partial charge in [0.25, 0.3) is 10.1 Å². The molecule has 0 aliphatic carbocycles. The van der Waals surface area contributed by atoms with Crippen LogP contribution < -0.4 is 0 Å². The van der Waals surface area contributed by atoms with Crippen molar-refractivity contribution < 1.29 is 13.0 Å². The molecule has 3 nitrogen and oxygen atoms in total. The lowest BCUT2D eigenvalue weighted by Gasteiger charge is -2.17. The maximum Gasteiger partial charge on any atom is 0.294 e. The normalized spacial score (nSPS) is 13.1. The average Bonchev–Trinajstić information content (AvgIpc) is 1.92. The predicted octanol–water partition coefficient (Wildman–Crippen LogP) is 2.74. The van der Waals surface area contributed by atoms with Crippen molar-refractivity contribution in [3.05, 3.63) is 0 Å². The quantitative estimate of drug-likeness (QED) is 0.647. The lowest BCUT2D eigenvalue weighted by Crippen LogP contribution is -2.05. The fourth-order valence-corrected chi connectivity index (χ4v) is 1.85. The summed E-state index contributed by atoms with van der Waals surface area (Å²) in [7, 11) is -3.99. The van der Waals surface area contributed by atoms with E-state index in [0.717, 1.165) is 25.7 Å². The molecular formula is C10H21O3S. The number of hydrogen-bond donors (Lipinski definition) is 0. The first kappa shape index (κ1) is 13.9. The van der Waals surface area contributed by atoms with Crippen LogP contribution in [-0.2, 0) is 14.7 Å². The topological polar surface area (TPSA) is 54.0 Å². The van der Waals surface area contributed by atoms with Gasteiger partial charge >= 0.3 is 0 Å². The Morgan fingerprint density at radius 3 is 1.86 bits per heavy atom. The maximum absolute atomic E-state index is 10.3. The Bertz CT molecular complexity index is 237. The highest BCUT2D eigenvalue weighted by Crippen LogP contribution is 2.22. The van der Waals surface area contributed by atoms with Gasteiger partial charge in [-0.3, -0.25) is 0 Å². The summed E-state index contributed by atoms with van der Waals surface area (Å²) in [6.45, 7) is 6.57. The Morgan fingerprint density at radius 1 is 0.929 bits per heavy atom. The van der Waals surface area contributed by atoms with Gasteiger partial charge in [-0.1, -0.05) is 44.6 Å². The van der Waals surface area contributed by atoms with E-state index < -0.39 is 10.1 Å². The molecule has 0 aromatic rings. The molecule has 85 valence electrons. The molecule has 0 amide bonds. The van der Waals surface area contributed by atoms with Crippen LogP contribution in [0.15, 0.2) is 0 Å². The van der Waals surface area contributed by atoms with E-state index in [9.17, 15) is 13.0 Å². The van der Waals surface area contributed by atoms with E-state index in [1.807, 2.05) is 0 Å². The van der Waals surface area contributed by atoms with Crippen LogP contribution >= 0.6 is 0 Å². The Hall–Kier alpha value is -0.0900. The Kier molecular flexibility index (Phi) is 5.67. The number of unbranched alkanes of at least 4 members (excludes halogenated alkanes) is 3. The molecule has 0 heterocycles. The average molecular weight is 221 g/mol. The van der Waals surface area contributed by atoms with Crippen LogP contribution in [-0.4, -0.2) is 14.2 Å². The Morgan fingerprint density at radius 2 is 1.43 bits per heavy atom. The van der Waals surface area contributed by atoms with Crippen LogP contribution in [0.25, 0.3) is 0 Å². The summed E-state index contributed by atoms with van der Waals surface area (Å²) in [5, 5.41) is 0. The van der Waals surface area contributed by atoms with Gasteiger partial charge in [0.15, 0.2) is 0 Å². The molecule has 0 N–H and O–H groups in total. The van der Waals surface area contributed by atoms with E-state index in [1.54, 1.807) is 0 Å². The second-order valence-corrected chi connectivity index (χ2v) is 6.51. The van der Waals surface area contributed by atoms with E-state index in [0.29, 0.717) is 11.8 Å². The Labute approximate surface area is 87.7 Å². The first-order valence-electron chi connectivity index (χ1n) is 5.14. The van der Waals surface area contributed by atoms with E-state index in [1.165, 1.54) is 0 Å². The molecule has 0 fully saturated rings. The van der Waals surface area contributed by atoms with Crippen LogP contribution in [0.5, 0.6) is 0 Å². The van der Waals surface area contributed by atoms with Crippen molar-refractivity contribution in [3.63, 3.8) is 0 Å². The first-order valence-corrected chi connectivity index (χ1v) is 6.72. The molecule has 0 rings (SSSR count). The molecule has 1 radical (unpaired) electrons. The summed E-state index contributed by atoms with van der Waals surface area (Å²) in [5.41, 5.74) is 0.352. The predicted molar refractivity (Wildman–Crippen MR) is 57.0 cm³/mol. The SMILES string of the molecule is CC(C)(C)CCCCCCS([O])(=O)=O. The largest absolute Gasteiger partial charge is 0.294 e. The maximum atomic E-state index is 10.3.